The first-order valence-electron chi connectivity index (χ1n) is 6.15. The van der Waals surface area contributed by atoms with E-state index in [4.69, 9.17) is 22.1 Å². The van der Waals surface area contributed by atoms with Gasteiger partial charge < -0.3 is 10.5 Å². The van der Waals surface area contributed by atoms with Crippen LogP contribution in [0.1, 0.15) is 20.7 Å². The highest BCUT2D eigenvalue weighted by Crippen LogP contribution is 2.35. The smallest absolute Gasteiger partial charge is 0.268 e. The summed E-state index contributed by atoms with van der Waals surface area (Å²) in [5.41, 5.74) is 6.99. The van der Waals surface area contributed by atoms with Gasteiger partial charge in [-0.15, -0.1) is 0 Å². The molecule has 0 aliphatic carbocycles. The van der Waals surface area contributed by atoms with Gasteiger partial charge in [-0.25, -0.2) is 4.90 Å². The van der Waals surface area contributed by atoms with Crippen molar-refractivity contribution in [3.05, 3.63) is 52.5 Å². The molecule has 1 heterocycles. The molecule has 1 aliphatic rings. The number of carbonyl (C=O) groups excluding carboxylic acids is 2. The van der Waals surface area contributed by atoms with Crippen LogP contribution in [0.25, 0.3) is 0 Å². The minimum absolute atomic E-state index is 0.231. The number of nitrogens with two attached hydrogens (primary N) is 1. The van der Waals surface area contributed by atoms with E-state index in [1.807, 2.05) is 0 Å². The van der Waals surface area contributed by atoms with Crippen molar-refractivity contribution < 1.29 is 14.3 Å². The average Bonchev–Trinajstić information content (AvgIpc) is 2.72. The lowest BCUT2D eigenvalue weighted by molar-refractivity contribution is 0.0926. The summed E-state index contributed by atoms with van der Waals surface area (Å²) in [6.45, 7) is 0. The number of ether oxygens (including phenoxy) is 1. The van der Waals surface area contributed by atoms with Crippen LogP contribution in [0.2, 0.25) is 5.02 Å². The third kappa shape index (κ3) is 1.94. The number of benzene rings is 2. The monoisotopic (exact) mass is 302 g/mol. The van der Waals surface area contributed by atoms with E-state index in [0.29, 0.717) is 22.0 Å². The quantitative estimate of drug-likeness (QED) is 0.684. The number of imide groups is 1. The number of nitrogens with zero attached hydrogens (tertiary/aromatic N) is 1. The first-order chi connectivity index (χ1) is 10.0. The average molecular weight is 303 g/mol. The Balaban J connectivity index is 2.10. The molecule has 6 heteroatoms. The number of carbonyl (C=O) groups is 2. The summed E-state index contributed by atoms with van der Waals surface area (Å²) in [6.07, 6.45) is 0. The lowest BCUT2D eigenvalue weighted by Gasteiger charge is -2.15. The van der Waals surface area contributed by atoms with Crippen molar-refractivity contribution in [1.29, 1.82) is 0 Å². The lowest BCUT2D eigenvalue weighted by Crippen LogP contribution is -2.29. The molecule has 0 aromatic heterocycles. The topological polar surface area (TPSA) is 72.6 Å². The van der Waals surface area contributed by atoms with E-state index in [9.17, 15) is 9.59 Å². The zero-order valence-electron chi connectivity index (χ0n) is 11.1. The van der Waals surface area contributed by atoms with E-state index in [1.165, 1.54) is 13.2 Å². The van der Waals surface area contributed by atoms with Gasteiger partial charge in [0.2, 0.25) is 0 Å². The molecule has 1 aliphatic heterocycles. The van der Waals surface area contributed by atoms with Crippen molar-refractivity contribution in [2.45, 2.75) is 0 Å². The van der Waals surface area contributed by atoms with Crippen LogP contribution in [-0.2, 0) is 0 Å². The summed E-state index contributed by atoms with van der Waals surface area (Å²) in [7, 11) is 1.49. The van der Waals surface area contributed by atoms with Gasteiger partial charge in [0, 0.05) is 5.69 Å². The fourth-order valence-corrected chi connectivity index (χ4v) is 2.59. The zero-order chi connectivity index (χ0) is 15.1. The molecule has 2 amide bonds. The fraction of sp³-hybridized carbons (Fsp3) is 0.0667. The molecule has 0 bridgehead atoms. The van der Waals surface area contributed by atoms with Gasteiger partial charge >= 0.3 is 0 Å². The van der Waals surface area contributed by atoms with Crippen LogP contribution in [0.5, 0.6) is 5.75 Å². The van der Waals surface area contributed by atoms with E-state index in [0.717, 1.165) is 4.90 Å². The van der Waals surface area contributed by atoms with Crippen molar-refractivity contribution in [2.24, 2.45) is 0 Å². The summed E-state index contributed by atoms with van der Waals surface area (Å²) in [6, 6.07) is 9.53. The van der Waals surface area contributed by atoms with Crippen molar-refractivity contribution in [2.75, 3.05) is 17.7 Å². The number of anilines is 2. The van der Waals surface area contributed by atoms with E-state index in [2.05, 4.69) is 0 Å². The molecular formula is C15H11ClN2O3. The summed E-state index contributed by atoms with van der Waals surface area (Å²) < 4.78 is 5.06. The van der Waals surface area contributed by atoms with Gasteiger partial charge in [0.15, 0.2) is 0 Å². The molecule has 2 N–H and O–H groups in total. The van der Waals surface area contributed by atoms with E-state index < -0.39 is 11.8 Å². The number of fused-ring (bicyclic) bond motifs is 1. The predicted molar refractivity (Wildman–Crippen MR) is 80.0 cm³/mol. The highest BCUT2D eigenvalue weighted by atomic mass is 35.5. The van der Waals surface area contributed by atoms with Gasteiger partial charge in [-0.3, -0.25) is 9.59 Å². The third-order valence-electron chi connectivity index (χ3n) is 3.34. The Labute approximate surface area is 125 Å². The van der Waals surface area contributed by atoms with Gasteiger partial charge in [-0.05, 0) is 30.3 Å². The molecule has 0 saturated heterocycles. The van der Waals surface area contributed by atoms with Crippen molar-refractivity contribution in [1.82, 2.24) is 0 Å². The van der Waals surface area contributed by atoms with Gasteiger partial charge in [0.25, 0.3) is 11.8 Å². The number of halogens is 1. The van der Waals surface area contributed by atoms with Crippen LogP contribution in [0.4, 0.5) is 11.4 Å². The first-order valence-corrected chi connectivity index (χ1v) is 6.53. The van der Waals surface area contributed by atoms with Gasteiger partial charge in [-0.1, -0.05) is 17.7 Å². The number of hydrogen-bond donors (Lipinski definition) is 1. The molecule has 21 heavy (non-hydrogen) atoms. The van der Waals surface area contributed by atoms with Crippen LogP contribution < -0.4 is 15.4 Å². The van der Waals surface area contributed by atoms with Crippen molar-refractivity contribution >= 4 is 34.8 Å². The van der Waals surface area contributed by atoms with Crippen molar-refractivity contribution in [3.8, 4) is 5.75 Å². The van der Waals surface area contributed by atoms with Crippen molar-refractivity contribution in [3.63, 3.8) is 0 Å². The third-order valence-corrected chi connectivity index (χ3v) is 3.64. The Morgan fingerprint density at radius 2 is 1.90 bits per heavy atom. The number of methoxy groups -OCH3 is 1. The van der Waals surface area contributed by atoms with Gasteiger partial charge in [-0.2, -0.15) is 0 Å². The molecule has 0 unspecified atom stereocenters. The second-order valence-corrected chi connectivity index (χ2v) is 4.94. The minimum atomic E-state index is -0.450. The molecule has 0 saturated carbocycles. The first kappa shape index (κ1) is 13.5. The molecule has 0 atom stereocenters. The zero-order valence-corrected chi connectivity index (χ0v) is 11.8. The number of nitrogen functional groups attached to an aromatic ring is 1. The summed E-state index contributed by atoms with van der Waals surface area (Å²) in [5, 5.41) is 0.319. The van der Waals surface area contributed by atoms with Crippen LogP contribution in [-0.4, -0.2) is 18.9 Å². The Morgan fingerprint density at radius 3 is 2.52 bits per heavy atom. The summed E-state index contributed by atoms with van der Waals surface area (Å²) >= 11 is 6.05. The second-order valence-electron chi connectivity index (χ2n) is 4.53. The molecule has 2 aromatic rings. The normalized spacial score (nSPS) is 13.5. The molecule has 3 rings (SSSR count). The molecule has 0 spiro atoms. The standard InChI is InChI=1S/C15H11ClN2O3/c1-21-12-6-5-8(7-10(12)16)18-14(19)9-3-2-4-11(17)13(9)15(18)20/h2-7H,17H2,1H3. The lowest BCUT2D eigenvalue weighted by atomic mass is 10.1. The van der Waals surface area contributed by atoms with E-state index >= 15 is 0 Å². The van der Waals surface area contributed by atoms with Crippen LogP contribution in [0, 0.1) is 0 Å². The molecule has 2 aromatic carbocycles. The van der Waals surface area contributed by atoms with Crippen LogP contribution in [0.15, 0.2) is 36.4 Å². The highest BCUT2D eigenvalue weighted by Gasteiger charge is 2.38. The summed E-state index contributed by atoms with van der Waals surface area (Å²) in [5.74, 6) is -0.394. The Morgan fingerprint density at radius 1 is 1.14 bits per heavy atom. The Bertz CT molecular complexity index is 774. The van der Waals surface area contributed by atoms with Gasteiger partial charge in [0.1, 0.15) is 5.75 Å². The predicted octanol–water partition coefficient (Wildman–Crippen LogP) is 2.73. The Hall–Kier alpha value is -2.53. The number of rotatable bonds is 2. The largest absolute Gasteiger partial charge is 0.495 e. The molecule has 106 valence electrons. The minimum Gasteiger partial charge on any atom is -0.495 e. The molecule has 0 fully saturated rings. The summed E-state index contributed by atoms with van der Waals surface area (Å²) in [4.78, 5) is 25.9. The van der Waals surface area contributed by atoms with Gasteiger partial charge in [0.05, 0.1) is 28.9 Å². The van der Waals surface area contributed by atoms with E-state index in [1.54, 1.807) is 30.3 Å². The van der Waals surface area contributed by atoms with Crippen LogP contribution in [0.3, 0.4) is 0 Å². The van der Waals surface area contributed by atoms with E-state index in [-0.39, 0.29) is 11.3 Å². The maximum atomic E-state index is 12.4. The molecule has 0 radical (unpaired) electrons. The second kappa shape index (κ2) is 4.79. The molecular weight excluding hydrogens is 292 g/mol. The Kier molecular flexibility index (Phi) is 3.07. The maximum absolute atomic E-state index is 12.4. The maximum Gasteiger partial charge on any atom is 0.268 e. The number of hydrogen-bond acceptors (Lipinski definition) is 4. The number of amides is 2. The highest BCUT2D eigenvalue weighted by molar-refractivity contribution is 6.37. The van der Waals surface area contributed by atoms with Crippen LogP contribution >= 0.6 is 11.6 Å². The SMILES string of the molecule is COc1ccc(N2C(=O)c3cccc(N)c3C2=O)cc1Cl. The fourth-order valence-electron chi connectivity index (χ4n) is 2.34. The molecule has 5 nitrogen and oxygen atoms in total.